The molecule has 0 aromatic heterocycles. The van der Waals surface area contributed by atoms with Crippen molar-refractivity contribution in [3.05, 3.63) is 35.6 Å². The molecule has 0 saturated carbocycles. The van der Waals surface area contributed by atoms with Crippen molar-refractivity contribution in [2.45, 2.75) is 19.4 Å². The molecule has 1 unspecified atom stereocenters. The van der Waals surface area contributed by atoms with Crippen molar-refractivity contribution in [1.82, 2.24) is 0 Å². The Morgan fingerprint density at radius 1 is 1.54 bits per heavy atom. The van der Waals surface area contributed by atoms with Gasteiger partial charge in [0.15, 0.2) is 0 Å². The topological polar surface area (TPSA) is 37.3 Å². The van der Waals surface area contributed by atoms with Crippen molar-refractivity contribution < 1.29 is 14.3 Å². The molecule has 0 aliphatic carbocycles. The molecule has 1 rings (SSSR count). The zero-order valence-electron chi connectivity index (χ0n) is 7.33. The summed E-state index contributed by atoms with van der Waals surface area (Å²) < 4.78 is 13.0. The monoisotopic (exact) mass is 182 g/mol. The second kappa shape index (κ2) is 4.14. The van der Waals surface area contributed by atoms with Crippen LogP contribution >= 0.6 is 0 Å². The highest BCUT2D eigenvalue weighted by atomic mass is 19.1. The van der Waals surface area contributed by atoms with Gasteiger partial charge in [-0.3, -0.25) is 4.79 Å². The van der Waals surface area contributed by atoms with Gasteiger partial charge >= 0.3 is 0 Å². The van der Waals surface area contributed by atoms with Gasteiger partial charge in [0.2, 0.25) is 0 Å². The summed E-state index contributed by atoms with van der Waals surface area (Å²) in [6.45, 7) is 1.37. The van der Waals surface area contributed by atoms with Crippen LogP contribution in [0.15, 0.2) is 24.3 Å². The van der Waals surface area contributed by atoms with E-state index in [4.69, 9.17) is 0 Å². The van der Waals surface area contributed by atoms with Gasteiger partial charge in [0, 0.05) is 12.0 Å². The van der Waals surface area contributed by atoms with Crippen LogP contribution < -0.4 is 0 Å². The van der Waals surface area contributed by atoms with E-state index in [1.165, 1.54) is 19.1 Å². The second-order valence-electron chi connectivity index (χ2n) is 2.94. The maximum Gasteiger partial charge on any atom is 0.132 e. The Balaban J connectivity index is 2.82. The number of hydrogen-bond acceptors (Lipinski definition) is 2. The number of hydrogen-bond donors (Lipinski definition) is 1. The average Bonchev–Trinajstić information content (AvgIpc) is 2.03. The molecule has 2 nitrogen and oxygen atoms in total. The van der Waals surface area contributed by atoms with Gasteiger partial charge in [-0.1, -0.05) is 18.2 Å². The minimum atomic E-state index is -1.03. The summed E-state index contributed by atoms with van der Waals surface area (Å²) in [5.41, 5.74) is 0.178. The number of carbonyl (C=O) groups excluding carboxylic acids is 1. The molecule has 0 bridgehead atoms. The van der Waals surface area contributed by atoms with Gasteiger partial charge in [0.05, 0.1) is 6.10 Å². The summed E-state index contributed by atoms with van der Waals surface area (Å²) in [6.07, 6.45) is -1.07. The van der Waals surface area contributed by atoms with Crippen molar-refractivity contribution in [1.29, 1.82) is 0 Å². The molecule has 1 aromatic rings. The highest BCUT2D eigenvalue weighted by Crippen LogP contribution is 2.19. The van der Waals surface area contributed by atoms with E-state index in [2.05, 4.69) is 0 Å². The number of carbonyl (C=O) groups is 1. The van der Waals surface area contributed by atoms with Gasteiger partial charge in [0.25, 0.3) is 0 Å². The first-order valence-corrected chi connectivity index (χ1v) is 4.03. The summed E-state index contributed by atoms with van der Waals surface area (Å²) in [7, 11) is 0. The van der Waals surface area contributed by atoms with Crippen LogP contribution in [0.1, 0.15) is 25.0 Å². The first-order chi connectivity index (χ1) is 6.11. The number of Topliss-reactive ketones (excluding diaryl/α,β-unsaturated/α-hetero) is 1. The first kappa shape index (κ1) is 9.86. The van der Waals surface area contributed by atoms with E-state index in [9.17, 15) is 14.3 Å². The number of rotatable bonds is 3. The van der Waals surface area contributed by atoms with E-state index in [1.54, 1.807) is 12.1 Å². The van der Waals surface area contributed by atoms with E-state index < -0.39 is 11.9 Å². The molecule has 1 aromatic carbocycles. The van der Waals surface area contributed by atoms with Gasteiger partial charge in [-0.2, -0.15) is 0 Å². The van der Waals surface area contributed by atoms with Crippen LogP contribution in [0.3, 0.4) is 0 Å². The van der Waals surface area contributed by atoms with Gasteiger partial charge in [-0.15, -0.1) is 0 Å². The molecule has 0 fully saturated rings. The largest absolute Gasteiger partial charge is 0.388 e. The van der Waals surface area contributed by atoms with E-state index >= 15 is 0 Å². The lowest BCUT2D eigenvalue weighted by Crippen LogP contribution is -2.05. The van der Waals surface area contributed by atoms with Crippen molar-refractivity contribution in [3.8, 4) is 0 Å². The zero-order chi connectivity index (χ0) is 9.84. The molecule has 0 saturated heterocycles. The van der Waals surface area contributed by atoms with Crippen molar-refractivity contribution >= 4 is 5.78 Å². The van der Waals surface area contributed by atoms with Crippen LogP contribution in [0.2, 0.25) is 0 Å². The summed E-state index contributed by atoms with van der Waals surface area (Å²) in [4.78, 5) is 10.7. The molecule has 0 spiro atoms. The molecule has 1 atom stereocenters. The minimum absolute atomic E-state index is 0.0407. The fourth-order valence-electron chi connectivity index (χ4n) is 1.13. The predicted molar refractivity (Wildman–Crippen MR) is 46.7 cm³/mol. The third-order valence-electron chi connectivity index (χ3n) is 1.75. The average molecular weight is 182 g/mol. The molecule has 1 N–H and O–H groups in total. The van der Waals surface area contributed by atoms with Gasteiger partial charge in [-0.05, 0) is 13.0 Å². The molecule has 0 aliphatic rings. The zero-order valence-corrected chi connectivity index (χ0v) is 7.33. The second-order valence-corrected chi connectivity index (χ2v) is 2.94. The predicted octanol–water partition coefficient (Wildman–Crippen LogP) is 1.84. The molecule has 70 valence electrons. The molecule has 13 heavy (non-hydrogen) atoms. The summed E-state index contributed by atoms with van der Waals surface area (Å²) >= 11 is 0. The normalized spacial score (nSPS) is 12.5. The SMILES string of the molecule is CC(=O)CC(O)c1ccccc1F. The van der Waals surface area contributed by atoms with Gasteiger partial charge < -0.3 is 5.11 Å². The number of aliphatic hydroxyl groups excluding tert-OH is 1. The molecule has 0 heterocycles. The van der Waals surface area contributed by atoms with E-state index in [1.807, 2.05) is 0 Å². The summed E-state index contributed by atoms with van der Waals surface area (Å²) in [5.74, 6) is -0.632. The van der Waals surface area contributed by atoms with Crippen LogP contribution in [0.25, 0.3) is 0 Å². The lowest BCUT2D eigenvalue weighted by molar-refractivity contribution is -0.118. The smallest absolute Gasteiger partial charge is 0.132 e. The maximum atomic E-state index is 13.0. The van der Waals surface area contributed by atoms with E-state index in [0.717, 1.165) is 0 Å². The van der Waals surface area contributed by atoms with Crippen molar-refractivity contribution in [2.75, 3.05) is 0 Å². The summed E-state index contributed by atoms with van der Waals surface area (Å²) in [5, 5.41) is 9.41. The highest BCUT2D eigenvalue weighted by molar-refractivity contribution is 5.76. The van der Waals surface area contributed by atoms with Crippen molar-refractivity contribution in [2.24, 2.45) is 0 Å². The maximum absolute atomic E-state index is 13.0. The van der Waals surface area contributed by atoms with Crippen LogP contribution in [-0.4, -0.2) is 10.9 Å². The molecule has 0 radical (unpaired) electrons. The molecule has 0 amide bonds. The third-order valence-corrected chi connectivity index (χ3v) is 1.75. The summed E-state index contributed by atoms with van der Waals surface area (Å²) in [6, 6.07) is 5.91. The fourth-order valence-corrected chi connectivity index (χ4v) is 1.13. The Bertz CT molecular complexity index is 310. The Morgan fingerprint density at radius 2 is 2.15 bits per heavy atom. The van der Waals surface area contributed by atoms with Gasteiger partial charge in [-0.25, -0.2) is 4.39 Å². The molecule has 3 heteroatoms. The lowest BCUT2D eigenvalue weighted by atomic mass is 10.0. The quantitative estimate of drug-likeness (QED) is 0.774. The Hall–Kier alpha value is -1.22. The molecular formula is C10H11FO2. The van der Waals surface area contributed by atoms with Crippen LogP contribution in [-0.2, 0) is 4.79 Å². The van der Waals surface area contributed by atoms with Crippen LogP contribution in [0.5, 0.6) is 0 Å². The van der Waals surface area contributed by atoms with Crippen LogP contribution in [0.4, 0.5) is 4.39 Å². The third kappa shape index (κ3) is 2.63. The van der Waals surface area contributed by atoms with E-state index in [0.29, 0.717) is 0 Å². The standard InChI is InChI=1S/C10H11FO2/c1-7(12)6-10(13)8-4-2-3-5-9(8)11/h2-5,10,13H,6H2,1H3. The Kier molecular flexibility index (Phi) is 3.14. The van der Waals surface area contributed by atoms with Crippen LogP contribution in [0, 0.1) is 5.82 Å². The first-order valence-electron chi connectivity index (χ1n) is 4.03. The Labute approximate surface area is 76.0 Å². The minimum Gasteiger partial charge on any atom is -0.388 e. The number of aliphatic hydroxyl groups is 1. The molecular weight excluding hydrogens is 171 g/mol. The Morgan fingerprint density at radius 3 is 2.69 bits per heavy atom. The fraction of sp³-hybridized carbons (Fsp3) is 0.300. The highest BCUT2D eigenvalue weighted by Gasteiger charge is 2.13. The number of benzene rings is 1. The number of halogens is 1. The molecule has 0 aliphatic heterocycles. The van der Waals surface area contributed by atoms with E-state index in [-0.39, 0.29) is 17.8 Å². The van der Waals surface area contributed by atoms with Crippen molar-refractivity contribution in [3.63, 3.8) is 0 Å². The lowest BCUT2D eigenvalue weighted by Gasteiger charge is -2.09. The number of ketones is 1. The van der Waals surface area contributed by atoms with Gasteiger partial charge in [0.1, 0.15) is 11.6 Å².